The number of benzene rings is 1. The average molecular weight is 325 g/mol. The monoisotopic (exact) mass is 325 g/mol. The van der Waals surface area contributed by atoms with Gasteiger partial charge in [-0.3, -0.25) is 4.79 Å². The summed E-state index contributed by atoms with van der Waals surface area (Å²) < 4.78 is 5.58. The van der Waals surface area contributed by atoms with Gasteiger partial charge in [-0.05, 0) is 43.0 Å². The second-order valence-electron chi connectivity index (χ2n) is 6.10. The van der Waals surface area contributed by atoms with Crippen LogP contribution in [0.3, 0.4) is 0 Å². The zero-order valence-electron chi connectivity index (χ0n) is 13.9. The zero-order chi connectivity index (χ0) is 16.8. The molecule has 0 aliphatic carbocycles. The minimum absolute atomic E-state index is 0.0585. The second-order valence-corrected chi connectivity index (χ2v) is 6.10. The molecule has 1 aromatic carbocycles. The van der Waals surface area contributed by atoms with Crippen LogP contribution in [0.4, 0.5) is 11.5 Å². The molecule has 0 spiro atoms. The van der Waals surface area contributed by atoms with E-state index >= 15 is 0 Å². The summed E-state index contributed by atoms with van der Waals surface area (Å²) in [6.07, 6.45) is 4.62. The van der Waals surface area contributed by atoms with Gasteiger partial charge in [0.15, 0.2) is 0 Å². The van der Waals surface area contributed by atoms with Crippen molar-refractivity contribution in [1.29, 1.82) is 0 Å². The Hall–Kier alpha value is -2.40. The minimum Gasteiger partial charge on any atom is -0.381 e. The lowest BCUT2D eigenvalue weighted by atomic mass is 10.1. The molecule has 1 unspecified atom stereocenters. The Kier molecular flexibility index (Phi) is 5.43. The molecule has 5 heteroatoms. The predicted octanol–water partition coefficient (Wildman–Crippen LogP) is 3.16. The van der Waals surface area contributed by atoms with E-state index in [2.05, 4.69) is 15.6 Å². The highest BCUT2D eigenvalue weighted by Gasteiger charge is 2.14. The van der Waals surface area contributed by atoms with Crippen molar-refractivity contribution in [3.63, 3.8) is 0 Å². The highest BCUT2D eigenvalue weighted by molar-refractivity contribution is 5.91. The van der Waals surface area contributed by atoms with Gasteiger partial charge in [0.1, 0.15) is 5.82 Å². The van der Waals surface area contributed by atoms with Crippen molar-refractivity contribution < 1.29 is 9.53 Å². The van der Waals surface area contributed by atoms with Gasteiger partial charge in [-0.1, -0.05) is 24.3 Å². The molecule has 2 aromatic rings. The number of carbonyl (C=O) groups excluding carboxylic acids is 1. The lowest BCUT2D eigenvalue weighted by Gasteiger charge is -2.12. The Labute approximate surface area is 142 Å². The van der Waals surface area contributed by atoms with E-state index in [1.165, 1.54) is 0 Å². The number of carbonyl (C=O) groups is 1. The maximum absolute atomic E-state index is 12.1. The molecule has 3 rings (SSSR count). The fourth-order valence-corrected chi connectivity index (χ4v) is 2.78. The Morgan fingerprint density at radius 1 is 1.29 bits per heavy atom. The van der Waals surface area contributed by atoms with Crippen molar-refractivity contribution >= 4 is 17.4 Å². The van der Waals surface area contributed by atoms with Crippen LogP contribution < -0.4 is 10.6 Å². The molecular formula is C19H23N3O2. The van der Waals surface area contributed by atoms with Gasteiger partial charge in [0.05, 0.1) is 24.4 Å². The number of aryl methyl sites for hydroxylation is 1. The van der Waals surface area contributed by atoms with E-state index < -0.39 is 0 Å². The first kappa shape index (κ1) is 16.5. The zero-order valence-corrected chi connectivity index (χ0v) is 13.9. The van der Waals surface area contributed by atoms with E-state index in [0.717, 1.165) is 42.8 Å². The van der Waals surface area contributed by atoms with E-state index in [0.29, 0.717) is 18.3 Å². The summed E-state index contributed by atoms with van der Waals surface area (Å²) in [6, 6.07) is 11.6. The fourth-order valence-electron chi connectivity index (χ4n) is 2.78. The standard InChI is InChI=1S/C19H23N3O2/c1-14-5-2-3-6-15(14)11-19(23)22-18-9-8-16(12-21-18)20-13-17-7-4-10-24-17/h2-3,5-6,8-9,12,17,20H,4,7,10-11,13H2,1H3,(H,21,22,23). The van der Waals surface area contributed by atoms with Crippen LogP contribution in [0.25, 0.3) is 0 Å². The summed E-state index contributed by atoms with van der Waals surface area (Å²) in [6.45, 7) is 3.66. The van der Waals surface area contributed by atoms with Crippen LogP contribution in [0.1, 0.15) is 24.0 Å². The van der Waals surface area contributed by atoms with E-state index in [-0.39, 0.29) is 5.91 Å². The van der Waals surface area contributed by atoms with E-state index in [1.54, 1.807) is 6.20 Å². The van der Waals surface area contributed by atoms with Gasteiger partial charge in [-0.15, -0.1) is 0 Å². The first-order valence-corrected chi connectivity index (χ1v) is 8.36. The summed E-state index contributed by atoms with van der Waals surface area (Å²) in [4.78, 5) is 16.4. The number of nitrogens with zero attached hydrogens (tertiary/aromatic N) is 1. The van der Waals surface area contributed by atoms with Crippen LogP contribution in [0.15, 0.2) is 42.6 Å². The third kappa shape index (κ3) is 4.55. The Morgan fingerprint density at radius 2 is 2.17 bits per heavy atom. The molecule has 24 heavy (non-hydrogen) atoms. The van der Waals surface area contributed by atoms with Crippen LogP contribution in [0.5, 0.6) is 0 Å². The quantitative estimate of drug-likeness (QED) is 0.856. The fraction of sp³-hybridized carbons (Fsp3) is 0.368. The number of nitrogens with one attached hydrogen (secondary N) is 2. The van der Waals surface area contributed by atoms with Crippen LogP contribution in [-0.4, -0.2) is 30.1 Å². The van der Waals surface area contributed by atoms with Gasteiger partial charge in [0, 0.05) is 13.2 Å². The third-order valence-corrected chi connectivity index (χ3v) is 4.20. The summed E-state index contributed by atoms with van der Waals surface area (Å²) in [7, 11) is 0. The summed E-state index contributed by atoms with van der Waals surface area (Å²) in [5.41, 5.74) is 3.08. The normalized spacial score (nSPS) is 16.8. The highest BCUT2D eigenvalue weighted by atomic mass is 16.5. The molecule has 2 N–H and O–H groups in total. The molecule has 5 nitrogen and oxygen atoms in total. The number of rotatable bonds is 6. The number of aromatic nitrogens is 1. The number of amides is 1. The molecule has 1 aromatic heterocycles. The molecule has 0 bridgehead atoms. The van der Waals surface area contributed by atoms with Crippen molar-refractivity contribution in [3.8, 4) is 0 Å². The highest BCUT2D eigenvalue weighted by Crippen LogP contribution is 2.15. The Morgan fingerprint density at radius 3 is 2.88 bits per heavy atom. The Bertz CT molecular complexity index is 679. The first-order valence-electron chi connectivity index (χ1n) is 8.36. The number of anilines is 2. The van der Waals surface area contributed by atoms with Gasteiger partial charge in [-0.25, -0.2) is 4.98 Å². The number of ether oxygens (including phenoxy) is 1. The van der Waals surface area contributed by atoms with E-state index in [9.17, 15) is 4.79 Å². The molecular weight excluding hydrogens is 302 g/mol. The maximum Gasteiger partial charge on any atom is 0.229 e. The summed E-state index contributed by atoms with van der Waals surface area (Å²) in [5, 5.41) is 6.15. The van der Waals surface area contributed by atoms with Crippen LogP contribution in [-0.2, 0) is 16.0 Å². The molecule has 1 fully saturated rings. The molecule has 2 heterocycles. The predicted molar refractivity (Wildman–Crippen MR) is 95.2 cm³/mol. The van der Waals surface area contributed by atoms with Crippen molar-refractivity contribution in [1.82, 2.24) is 4.98 Å². The van der Waals surface area contributed by atoms with Crippen LogP contribution in [0, 0.1) is 6.92 Å². The van der Waals surface area contributed by atoms with Gasteiger partial charge < -0.3 is 15.4 Å². The van der Waals surface area contributed by atoms with Crippen molar-refractivity contribution in [3.05, 3.63) is 53.7 Å². The van der Waals surface area contributed by atoms with E-state index in [4.69, 9.17) is 4.74 Å². The minimum atomic E-state index is -0.0585. The molecule has 1 saturated heterocycles. The van der Waals surface area contributed by atoms with Crippen molar-refractivity contribution in [2.75, 3.05) is 23.8 Å². The molecule has 0 radical (unpaired) electrons. The van der Waals surface area contributed by atoms with Gasteiger partial charge in [-0.2, -0.15) is 0 Å². The SMILES string of the molecule is Cc1ccccc1CC(=O)Nc1ccc(NCC2CCCO2)cn1. The molecule has 1 amide bonds. The largest absolute Gasteiger partial charge is 0.381 e. The molecule has 126 valence electrons. The topological polar surface area (TPSA) is 63.2 Å². The molecule has 1 aliphatic heterocycles. The summed E-state index contributed by atoms with van der Waals surface area (Å²) >= 11 is 0. The van der Waals surface area contributed by atoms with Gasteiger partial charge >= 0.3 is 0 Å². The lowest BCUT2D eigenvalue weighted by molar-refractivity contribution is -0.115. The molecule has 1 atom stereocenters. The van der Waals surface area contributed by atoms with Gasteiger partial charge in [0.2, 0.25) is 5.91 Å². The average Bonchev–Trinajstić information content (AvgIpc) is 3.10. The molecule has 0 saturated carbocycles. The van der Waals surface area contributed by atoms with Gasteiger partial charge in [0.25, 0.3) is 0 Å². The first-order chi connectivity index (χ1) is 11.7. The smallest absolute Gasteiger partial charge is 0.229 e. The van der Waals surface area contributed by atoms with Crippen LogP contribution >= 0.6 is 0 Å². The maximum atomic E-state index is 12.1. The van der Waals surface area contributed by atoms with Crippen LogP contribution in [0.2, 0.25) is 0 Å². The van der Waals surface area contributed by atoms with Crippen molar-refractivity contribution in [2.45, 2.75) is 32.3 Å². The lowest BCUT2D eigenvalue weighted by Crippen LogP contribution is -2.19. The Balaban J connectivity index is 1.50. The summed E-state index contributed by atoms with van der Waals surface area (Å²) in [5.74, 6) is 0.508. The molecule has 1 aliphatic rings. The number of hydrogen-bond acceptors (Lipinski definition) is 4. The van der Waals surface area contributed by atoms with E-state index in [1.807, 2.05) is 43.3 Å². The number of hydrogen-bond donors (Lipinski definition) is 2. The second kappa shape index (κ2) is 7.93. The van der Waals surface area contributed by atoms with Crippen molar-refractivity contribution in [2.24, 2.45) is 0 Å². The third-order valence-electron chi connectivity index (χ3n) is 4.20. The number of pyridine rings is 1.